The van der Waals surface area contributed by atoms with Gasteiger partial charge in [-0.15, -0.1) is 0 Å². The van der Waals surface area contributed by atoms with Crippen LogP contribution in [0.25, 0.3) is 22.2 Å². The van der Waals surface area contributed by atoms with E-state index in [2.05, 4.69) is 20.7 Å². The zero-order valence-corrected chi connectivity index (χ0v) is 18.9. The molecular weight excluding hydrogens is 452 g/mol. The summed E-state index contributed by atoms with van der Waals surface area (Å²) >= 11 is 0. The molecule has 2 N–H and O–H groups in total. The number of carbonyl (C=O) groups excluding carboxylic acids is 3. The summed E-state index contributed by atoms with van der Waals surface area (Å²) in [6.07, 6.45) is 5.10. The van der Waals surface area contributed by atoms with E-state index in [9.17, 15) is 14.4 Å². The number of ether oxygens (including phenoxy) is 1. The molecule has 4 aromatic rings. The number of rotatable bonds is 5. The summed E-state index contributed by atoms with van der Waals surface area (Å²) in [4.78, 5) is 44.5. The number of imide groups is 1. The average Bonchev–Trinajstić information content (AvgIpc) is 3.60. The van der Waals surface area contributed by atoms with Gasteiger partial charge in [-0.1, -0.05) is 6.07 Å². The van der Waals surface area contributed by atoms with Crippen molar-refractivity contribution in [3.05, 3.63) is 65.8 Å². The summed E-state index contributed by atoms with van der Waals surface area (Å²) in [6.45, 7) is 0.180. The van der Waals surface area contributed by atoms with Crippen molar-refractivity contribution in [2.45, 2.75) is 12.1 Å². The third kappa shape index (κ3) is 3.23. The number of benzene rings is 1. The van der Waals surface area contributed by atoms with Crippen LogP contribution < -0.4 is 15.4 Å². The van der Waals surface area contributed by atoms with E-state index < -0.39 is 17.5 Å². The molecule has 1 atom stereocenters. The minimum atomic E-state index is -1.59. The summed E-state index contributed by atoms with van der Waals surface area (Å²) in [7, 11) is 3.35. The maximum Gasteiger partial charge on any atom is 0.322 e. The Kier molecular flexibility index (Phi) is 4.43. The number of carbonyl (C=O) groups is 3. The molecule has 0 aliphatic carbocycles. The molecule has 0 saturated carbocycles. The van der Waals surface area contributed by atoms with Gasteiger partial charge in [-0.05, 0) is 29.8 Å². The molecule has 5 heterocycles. The smallest absolute Gasteiger partial charge is 0.322 e. The van der Waals surface area contributed by atoms with Crippen LogP contribution in [0.5, 0.6) is 5.75 Å². The molecule has 6 rings (SSSR count). The van der Waals surface area contributed by atoms with Crippen LogP contribution in [-0.4, -0.2) is 51.2 Å². The third-order valence-electron chi connectivity index (χ3n) is 6.39. The molecule has 11 heteroatoms. The van der Waals surface area contributed by atoms with Crippen LogP contribution in [0.3, 0.4) is 0 Å². The van der Waals surface area contributed by atoms with Gasteiger partial charge in [0.25, 0.3) is 11.8 Å². The summed E-state index contributed by atoms with van der Waals surface area (Å²) in [5, 5.41) is 9.85. The fourth-order valence-electron chi connectivity index (χ4n) is 4.60. The summed E-state index contributed by atoms with van der Waals surface area (Å²) < 4.78 is 12.9. The lowest BCUT2D eigenvalue weighted by Gasteiger charge is -2.29. The largest absolute Gasteiger partial charge is 0.497 e. The second-order valence-electron chi connectivity index (χ2n) is 8.62. The average molecular weight is 472 g/mol. The van der Waals surface area contributed by atoms with Gasteiger partial charge in [0.1, 0.15) is 11.5 Å². The van der Waals surface area contributed by atoms with Gasteiger partial charge >= 0.3 is 6.03 Å². The Morgan fingerprint density at radius 2 is 2.03 bits per heavy atom. The first-order valence-corrected chi connectivity index (χ1v) is 10.9. The molecule has 11 nitrogen and oxygen atoms in total. The van der Waals surface area contributed by atoms with Crippen LogP contribution >= 0.6 is 0 Å². The number of hydrogen-bond donors (Lipinski definition) is 2. The molecule has 2 aliphatic rings. The van der Waals surface area contributed by atoms with Crippen molar-refractivity contribution in [2.24, 2.45) is 7.05 Å². The number of nitrogens with one attached hydrogen (secondary N) is 2. The van der Waals surface area contributed by atoms with E-state index in [0.29, 0.717) is 28.0 Å². The van der Waals surface area contributed by atoms with E-state index in [4.69, 9.17) is 9.15 Å². The standard InChI is InChI=1S/C24H20N6O5/c1-29-10-15(8-26-29)18-5-14-6-20(35-19(14)9-25-18)24(22(32)27-23(33)28-24)12-30-11-13-3-4-16(34-2)7-17(13)21(30)31/h3-10H,11-12H2,1-2H3,(H2,27,28,32,33). The zero-order chi connectivity index (χ0) is 24.3. The number of pyridine rings is 1. The zero-order valence-electron chi connectivity index (χ0n) is 18.9. The van der Waals surface area contributed by atoms with E-state index in [1.54, 1.807) is 35.3 Å². The molecule has 1 fully saturated rings. The fraction of sp³-hybridized carbons (Fsp3) is 0.208. The Morgan fingerprint density at radius 3 is 2.74 bits per heavy atom. The molecule has 4 amide bonds. The highest BCUT2D eigenvalue weighted by atomic mass is 16.5. The van der Waals surface area contributed by atoms with Gasteiger partial charge in [-0.2, -0.15) is 5.10 Å². The van der Waals surface area contributed by atoms with Crippen LogP contribution in [0.4, 0.5) is 4.79 Å². The maximum absolute atomic E-state index is 13.2. The lowest BCUT2D eigenvalue weighted by molar-refractivity contribution is -0.125. The predicted octanol–water partition coefficient (Wildman–Crippen LogP) is 1.93. The first-order valence-electron chi connectivity index (χ1n) is 10.9. The second-order valence-corrected chi connectivity index (χ2v) is 8.62. The normalized spacial score (nSPS) is 19.3. The van der Waals surface area contributed by atoms with Crippen LogP contribution in [-0.2, 0) is 23.9 Å². The van der Waals surface area contributed by atoms with Crippen LogP contribution in [0.2, 0.25) is 0 Å². The van der Waals surface area contributed by atoms with Crippen molar-refractivity contribution in [1.82, 2.24) is 30.3 Å². The molecular formula is C24H20N6O5. The number of aromatic nitrogens is 3. The third-order valence-corrected chi connectivity index (χ3v) is 6.39. The minimum absolute atomic E-state index is 0.108. The van der Waals surface area contributed by atoms with E-state index >= 15 is 0 Å². The first kappa shape index (κ1) is 20.9. The Bertz CT molecular complexity index is 1540. The lowest BCUT2D eigenvalue weighted by Crippen LogP contribution is -2.52. The molecule has 0 bridgehead atoms. The van der Waals surface area contributed by atoms with Crippen molar-refractivity contribution in [1.29, 1.82) is 0 Å². The molecule has 1 unspecified atom stereocenters. The number of urea groups is 1. The van der Waals surface area contributed by atoms with E-state index in [1.165, 1.54) is 12.0 Å². The SMILES string of the molecule is COc1ccc2c(c1)C(=O)N(CC1(c3cc4cc(-c5cnn(C)c5)ncc4o3)NC(=O)NC1=O)C2. The van der Waals surface area contributed by atoms with E-state index in [1.807, 2.05) is 25.4 Å². The van der Waals surface area contributed by atoms with Gasteiger partial charge in [-0.25, -0.2) is 4.79 Å². The van der Waals surface area contributed by atoms with Gasteiger partial charge < -0.3 is 19.4 Å². The molecule has 1 aromatic carbocycles. The number of amides is 4. The summed E-state index contributed by atoms with van der Waals surface area (Å²) in [5.74, 6) is -0.0793. The predicted molar refractivity (Wildman–Crippen MR) is 122 cm³/mol. The molecule has 2 aliphatic heterocycles. The van der Waals surface area contributed by atoms with Crippen molar-refractivity contribution < 1.29 is 23.5 Å². The highest BCUT2D eigenvalue weighted by Crippen LogP contribution is 2.35. The van der Waals surface area contributed by atoms with Crippen LogP contribution in [0.1, 0.15) is 21.7 Å². The van der Waals surface area contributed by atoms with Gasteiger partial charge in [0, 0.05) is 36.3 Å². The Balaban J connectivity index is 1.38. The number of methoxy groups -OCH3 is 1. The molecule has 35 heavy (non-hydrogen) atoms. The van der Waals surface area contributed by atoms with Gasteiger partial charge in [0.05, 0.1) is 31.7 Å². The summed E-state index contributed by atoms with van der Waals surface area (Å²) in [5.41, 5.74) is 1.68. The van der Waals surface area contributed by atoms with Crippen LogP contribution in [0, 0.1) is 0 Å². The number of fused-ring (bicyclic) bond motifs is 2. The number of furan rings is 1. The molecule has 3 aromatic heterocycles. The quantitative estimate of drug-likeness (QED) is 0.424. The Hall–Kier alpha value is -4.67. The Labute approximate surface area is 198 Å². The van der Waals surface area contributed by atoms with E-state index in [-0.39, 0.29) is 24.8 Å². The van der Waals surface area contributed by atoms with Gasteiger partial charge in [0.2, 0.25) is 0 Å². The monoisotopic (exact) mass is 472 g/mol. The molecule has 1 saturated heterocycles. The highest BCUT2D eigenvalue weighted by molar-refractivity contribution is 6.08. The van der Waals surface area contributed by atoms with Gasteiger partial charge in [0.15, 0.2) is 11.1 Å². The molecule has 0 spiro atoms. The van der Waals surface area contributed by atoms with E-state index in [0.717, 1.165) is 11.1 Å². The van der Waals surface area contributed by atoms with Crippen molar-refractivity contribution in [3.8, 4) is 17.0 Å². The minimum Gasteiger partial charge on any atom is -0.497 e. The topological polar surface area (TPSA) is 132 Å². The Morgan fingerprint density at radius 1 is 1.17 bits per heavy atom. The van der Waals surface area contributed by atoms with Crippen molar-refractivity contribution >= 4 is 28.8 Å². The van der Waals surface area contributed by atoms with Crippen molar-refractivity contribution in [3.63, 3.8) is 0 Å². The van der Waals surface area contributed by atoms with Crippen LogP contribution in [0.15, 0.2) is 53.3 Å². The number of aryl methyl sites for hydroxylation is 1. The highest BCUT2D eigenvalue weighted by Gasteiger charge is 2.53. The number of hydrogen-bond acceptors (Lipinski definition) is 7. The first-order chi connectivity index (χ1) is 16.9. The summed E-state index contributed by atoms with van der Waals surface area (Å²) in [6, 6.07) is 8.13. The molecule has 176 valence electrons. The molecule has 0 radical (unpaired) electrons. The maximum atomic E-state index is 13.2. The second kappa shape index (κ2) is 7.42. The fourth-order valence-corrected chi connectivity index (χ4v) is 4.60. The van der Waals surface area contributed by atoms with Gasteiger partial charge in [-0.3, -0.25) is 24.6 Å². The van der Waals surface area contributed by atoms with Crippen molar-refractivity contribution in [2.75, 3.05) is 13.7 Å². The number of nitrogens with zero attached hydrogens (tertiary/aromatic N) is 4. The lowest BCUT2D eigenvalue weighted by atomic mass is 9.95.